The molecule has 1 amide bonds. The number of para-hydroxylation sites is 1. The number of nitrogens with two attached hydrogens (primary N) is 2. The Bertz CT molecular complexity index is 1980. The Kier molecular flexibility index (Phi) is 7.07. The van der Waals surface area contributed by atoms with Gasteiger partial charge in [-0.3, -0.25) is 23.8 Å². The van der Waals surface area contributed by atoms with Gasteiger partial charge in [-0.15, -0.1) is 5.10 Å². The number of carbonyl (C=O) groups excluding carboxylic acids is 1. The largest absolute Gasteiger partial charge is 0.382 e. The highest BCUT2D eigenvalue weighted by atomic mass is 16.1. The van der Waals surface area contributed by atoms with Crippen molar-refractivity contribution in [3.8, 4) is 17.5 Å². The van der Waals surface area contributed by atoms with Crippen LogP contribution in [0.1, 0.15) is 34.4 Å². The standard InChI is InChI=1S/C22H18N4O.C7H7N5O/c1-3-20-23-19-11-7-8-16(12-13-17-14-15-25(2)24-17)21(19)22(27)26(20)18-9-5-4-6-10-18;8-6-5(7(9)13)4-3-10-1-2-12(4)11-6/h4-11,14-15H,3H2,1-2H3;1-3H,(H2,8,11)(H2,9,13). The third-order valence-electron chi connectivity index (χ3n) is 6.05. The molecule has 0 aliphatic heterocycles. The summed E-state index contributed by atoms with van der Waals surface area (Å²) < 4.78 is 4.83. The molecule has 0 unspecified atom stereocenters. The van der Waals surface area contributed by atoms with Gasteiger partial charge in [-0.2, -0.15) is 5.10 Å². The van der Waals surface area contributed by atoms with Crippen molar-refractivity contribution in [2.45, 2.75) is 13.3 Å². The third-order valence-corrected chi connectivity index (χ3v) is 6.05. The molecule has 0 bridgehead atoms. The molecule has 4 aromatic heterocycles. The first-order valence-electron chi connectivity index (χ1n) is 12.4. The predicted molar refractivity (Wildman–Crippen MR) is 152 cm³/mol. The second kappa shape index (κ2) is 10.9. The predicted octanol–water partition coefficient (Wildman–Crippen LogP) is 2.49. The maximum atomic E-state index is 13.4. The first-order chi connectivity index (χ1) is 19.4. The van der Waals surface area contributed by atoms with Gasteiger partial charge in [-0.1, -0.05) is 37.1 Å². The fraction of sp³-hybridized carbons (Fsp3) is 0.103. The Labute approximate surface area is 228 Å². The number of rotatable bonds is 3. The van der Waals surface area contributed by atoms with Gasteiger partial charge in [0.25, 0.3) is 11.5 Å². The first kappa shape index (κ1) is 25.9. The van der Waals surface area contributed by atoms with Crippen LogP contribution in [0.15, 0.2) is 84.2 Å². The molecule has 4 heterocycles. The van der Waals surface area contributed by atoms with E-state index in [1.54, 1.807) is 21.6 Å². The molecular weight excluding hydrogens is 506 g/mol. The monoisotopic (exact) mass is 531 g/mol. The van der Waals surface area contributed by atoms with Crippen LogP contribution in [0.2, 0.25) is 0 Å². The molecule has 0 spiro atoms. The minimum atomic E-state index is -0.597. The highest BCUT2D eigenvalue weighted by molar-refractivity contribution is 6.03. The molecule has 0 aliphatic carbocycles. The van der Waals surface area contributed by atoms with Crippen molar-refractivity contribution in [2.75, 3.05) is 5.73 Å². The van der Waals surface area contributed by atoms with E-state index in [0.717, 1.165) is 11.5 Å². The molecule has 0 radical (unpaired) electrons. The number of amides is 1. The van der Waals surface area contributed by atoms with Gasteiger partial charge in [0.05, 0.1) is 28.3 Å². The lowest BCUT2D eigenvalue weighted by Gasteiger charge is -2.13. The zero-order valence-electron chi connectivity index (χ0n) is 21.8. The van der Waals surface area contributed by atoms with Crippen molar-refractivity contribution < 1.29 is 4.79 Å². The minimum Gasteiger partial charge on any atom is -0.382 e. The Morgan fingerprint density at radius 1 is 1.00 bits per heavy atom. The number of hydrogen-bond donors (Lipinski definition) is 2. The molecule has 40 heavy (non-hydrogen) atoms. The minimum absolute atomic E-state index is 0.103. The zero-order chi connectivity index (χ0) is 28.2. The van der Waals surface area contributed by atoms with Gasteiger partial charge < -0.3 is 11.5 Å². The van der Waals surface area contributed by atoms with Crippen LogP contribution in [-0.4, -0.2) is 39.8 Å². The summed E-state index contributed by atoms with van der Waals surface area (Å²) in [4.78, 5) is 32.9. The summed E-state index contributed by atoms with van der Waals surface area (Å²) in [5, 5.41) is 8.68. The van der Waals surface area contributed by atoms with Crippen LogP contribution in [0.25, 0.3) is 22.1 Å². The normalized spacial score (nSPS) is 10.6. The van der Waals surface area contributed by atoms with E-state index >= 15 is 0 Å². The second-order valence-corrected chi connectivity index (χ2v) is 8.71. The molecule has 0 saturated carbocycles. The van der Waals surface area contributed by atoms with Gasteiger partial charge in [-0.25, -0.2) is 9.50 Å². The quantitative estimate of drug-likeness (QED) is 0.333. The van der Waals surface area contributed by atoms with Crippen molar-refractivity contribution in [3.63, 3.8) is 0 Å². The summed E-state index contributed by atoms with van der Waals surface area (Å²) >= 11 is 0. The van der Waals surface area contributed by atoms with Gasteiger partial charge in [0, 0.05) is 37.6 Å². The highest BCUT2D eigenvalue weighted by Crippen LogP contribution is 2.17. The SMILES string of the molecule is CCc1nc2cccc(C#Cc3ccn(C)n3)c2c(=O)n1-c1ccccc1.NC(=O)c1c(N)nn2ccncc12. The molecule has 6 aromatic rings. The van der Waals surface area contributed by atoms with E-state index in [0.29, 0.717) is 34.1 Å². The molecular formula is C29H25N9O2. The van der Waals surface area contributed by atoms with Gasteiger partial charge in [0.2, 0.25) is 0 Å². The van der Waals surface area contributed by atoms with E-state index in [1.807, 2.05) is 74.8 Å². The number of hydrogen-bond acceptors (Lipinski definition) is 7. The Morgan fingerprint density at radius 3 is 2.50 bits per heavy atom. The van der Waals surface area contributed by atoms with Gasteiger partial charge in [-0.05, 0) is 36.3 Å². The Hall–Kier alpha value is -5.76. The zero-order valence-corrected chi connectivity index (χ0v) is 21.8. The molecule has 198 valence electrons. The molecule has 11 heteroatoms. The van der Waals surface area contributed by atoms with Crippen LogP contribution in [0.5, 0.6) is 0 Å². The summed E-state index contributed by atoms with van der Waals surface area (Å²) in [6.45, 7) is 2.00. The van der Waals surface area contributed by atoms with Gasteiger partial charge >= 0.3 is 0 Å². The number of primary amides is 1. The molecule has 4 N–H and O–H groups in total. The van der Waals surface area contributed by atoms with Crippen LogP contribution in [0, 0.1) is 11.8 Å². The fourth-order valence-electron chi connectivity index (χ4n) is 4.24. The Morgan fingerprint density at radius 2 is 1.80 bits per heavy atom. The lowest BCUT2D eigenvalue weighted by molar-refractivity contribution is 0.100. The first-order valence-corrected chi connectivity index (χ1v) is 12.4. The van der Waals surface area contributed by atoms with Crippen LogP contribution in [0.3, 0.4) is 0 Å². The van der Waals surface area contributed by atoms with E-state index in [-0.39, 0.29) is 16.9 Å². The molecule has 11 nitrogen and oxygen atoms in total. The molecule has 2 aromatic carbocycles. The summed E-state index contributed by atoms with van der Waals surface area (Å²) in [7, 11) is 1.85. The molecule has 0 aliphatic rings. The van der Waals surface area contributed by atoms with Crippen LogP contribution < -0.4 is 17.0 Å². The number of carbonyl (C=O) groups is 1. The Balaban J connectivity index is 0.000000207. The lowest BCUT2D eigenvalue weighted by atomic mass is 10.1. The van der Waals surface area contributed by atoms with Gasteiger partial charge in [0.15, 0.2) is 5.82 Å². The van der Waals surface area contributed by atoms with E-state index in [4.69, 9.17) is 16.5 Å². The highest BCUT2D eigenvalue weighted by Gasteiger charge is 2.15. The van der Waals surface area contributed by atoms with Gasteiger partial charge in [0.1, 0.15) is 17.1 Å². The van der Waals surface area contributed by atoms with Crippen molar-refractivity contribution in [3.05, 3.63) is 112 Å². The molecule has 0 atom stereocenters. The summed E-state index contributed by atoms with van der Waals surface area (Å²) in [5.74, 6) is 6.39. The van der Waals surface area contributed by atoms with E-state index in [2.05, 4.69) is 27.0 Å². The summed E-state index contributed by atoms with van der Waals surface area (Å²) in [6, 6.07) is 17.0. The van der Waals surface area contributed by atoms with Crippen molar-refractivity contribution >= 4 is 28.1 Å². The maximum absolute atomic E-state index is 13.4. The number of anilines is 1. The number of nitrogen functional groups attached to an aromatic ring is 1. The number of aromatic nitrogens is 7. The fourth-order valence-corrected chi connectivity index (χ4v) is 4.24. The maximum Gasteiger partial charge on any atom is 0.267 e. The van der Waals surface area contributed by atoms with Crippen molar-refractivity contribution in [1.29, 1.82) is 0 Å². The lowest BCUT2D eigenvalue weighted by Crippen LogP contribution is -2.24. The smallest absolute Gasteiger partial charge is 0.267 e. The second-order valence-electron chi connectivity index (χ2n) is 8.71. The third kappa shape index (κ3) is 5.01. The van der Waals surface area contributed by atoms with Crippen LogP contribution in [0.4, 0.5) is 5.82 Å². The number of aryl methyl sites for hydroxylation is 2. The van der Waals surface area contributed by atoms with Crippen LogP contribution in [-0.2, 0) is 13.5 Å². The average molecular weight is 532 g/mol. The van der Waals surface area contributed by atoms with Crippen molar-refractivity contribution in [2.24, 2.45) is 12.8 Å². The summed E-state index contributed by atoms with van der Waals surface area (Å²) in [5.41, 5.74) is 14.0. The summed E-state index contributed by atoms with van der Waals surface area (Å²) in [6.07, 6.45) is 7.13. The molecule has 0 fully saturated rings. The van der Waals surface area contributed by atoms with E-state index in [9.17, 15) is 9.59 Å². The molecule has 6 rings (SSSR count). The van der Waals surface area contributed by atoms with E-state index < -0.39 is 5.91 Å². The van der Waals surface area contributed by atoms with E-state index in [1.165, 1.54) is 10.7 Å². The van der Waals surface area contributed by atoms with Crippen LogP contribution >= 0.6 is 0 Å². The number of benzene rings is 2. The molecule has 0 saturated heterocycles. The number of nitrogens with zero attached hydrogens (tertiary/aromatic N) is 7. The average Bonchev–Trinajstić information content (AvgIpc) is 3.53. The number of fused-ring (bicyclic) bond motifs is 2. The topological polar surface area (TPSA) is 152 Å². The van der Waals surface area contributed by atoms with Crippen molar-refractivity contribution in [1.82, 2.24) is 33.9 Å².